The van der Waals surface area contributed by atoms with Gasteiger partial charge in [-0.2, -0.15) is 5.26 Å². The molecule has 0 aliphatic rings. The molecule has 0 fully saturated rings. The maximum atomic E-state index is 9.81. The Morgan fingerprint density at radius 2 is 1.33 bits per heavy atom. The summed E-state index contributed by atoms with van der Waals surface area (Å²) < 4.78 is 0. The molecule has 0 aromatic heterocycles. The Labute approximate surface area is 74.4 Å². The maximum Gasteiger partial charge on any atom is 0.129 e. The normalized spacial score (nSPS) is 6.00. The van der Waals surface area contributed by atoms with Crippen LogP contribution in [0, 0.1) is 11.3 Å². The van der Waals surface area contributed by atoms with Gasteiger partial charge in [-0.25, -0.2) is 0 Å². The summed E-state index contributed by atoms with van der Waals surface area (Å²) in [7, 11) is 0. The van der Waals surface area contributed by atoms with E-state index in [9.17, 15) is 9.59 Å². The van der Waals surface area contributed by atoms with Crippen LogP contribution in [0.25, 0.3) is 0 Å². The van der Waals surface area contributed by atoms with Crippen LogP contribution in [0.4, 0.5) is 0 Å². The number of carbonyl (C=O) groups is 2. The van der Waals surface area contributed by atoms with Crippen molar-refractivity contribution in [1.29, 1.82) is 5.26 Å². The lowest BCUT2D eigenvalue weighted by atomic mass is 10.4. The lowest BCUT2D eigenvalue weighted by Crippen LogP contribution is -1.80. The summed E-state index contributed by atoms with van der Waals surface area (Å²) in [5.74, 6) is 0.421. The highest BCUT2D eigenvalue weighted by Crippen LogP contribution is 1.71. The second-order valence-corrected chi connectivity index (χ2v) is 2.19. The van der Waals surface area contributed by atoms with E-state index in [0.29, 0.717) is 6.42 Å². The molecule has 0 aliphatic carbocycles. The first kappa shape index (κ1) is 17.1. The number of rotatable bonds is 1. The molecule has 70 valence electrons. The van der Waals surface area contributed by atoms with E-state index >= 15 is 0 Å². The molecule has 0 unspecified atom stereocenters. The van der Waals surface area contributed by atoms with Crippen LogP contribution in [-0.4, -0.2) is 11.6 Å². The molecule has 0 radical (unpaired) electrons. The number of nitrogens with zero attached hydrogens (tertiary/aromatic N) is 1. The standard InChI is InChI=1S/C4H8O.C3H6O.C2H3N/c1-3-4(2)5;1-3(2)4;1-2-3/h3H2,1-2H3;1-2H3;1H3. The van der Waals surface area contributed by atoms with E-state index in [-0.39, 0.29) is 11.6 Å². The predicted octanol–water partition coefficient (Wildman–Crippen LogP) is 2.11. The minimum absolute atomic E-state index is 0.167. The fourth-order valence-corrected chi connectivity index (χ4v) is 0. The topological polar surface area (TPSA) is 57.9 Å². The van der Waals surface area contributed by atoms with Crippen LogP contribution in [0.15, 0.2) is 0 Å². The van der Waals surface area contributed by atoms with Crippen molar-refractivity contribution in [3.63, 3.8) is 0 Å². The number of ketones is 2. The van der Waals surface area contributed by atoms with Gasteiger partial charge in [0.05, 0.1) is 6.07 Å². The van der Waals surface area contributed by atoms with Crippen LogP contribution < -0.4 is 0 Å². The highest BCUT2D eigenvalue weighted by Gasteiger charge is 1.76. The van der Waals surface area contributed by atoms with Gasteiger partial charge in [-0.1, -0.05) is 6.92 Å². The molecule has 0 aromatic rings. The van der Waals surface area contributed by atoms with E-state index in [2.05, 4.69) is 0 Å². The molecule has 0 rings (SSSR count). The smallest absolute Gasteiger partial charge is 0.129 e. The zero-order chi connectivity index (χ0) is 10.6. The first-order chi connectivity index (χ1) is 5.42. The van der Waals surface area contributed by atoms with Crippen LogP contribution >= 0.6 is 0 Å². The quantitative estimate of drug-likeness (QED) is 0.607. The summed E-state index contributed by atoms with van der Waals surface area (Å²) in [6.07, 6.45) is 0.667. The summed E-state index contributed by atoms with van der Waals surface area (Å²) in [6.45, 7) is 7.92. The maximum absolute atomic E-state index is 9.81. The Balaban J connectivity index is -0.000000105. The molecule has 3 heteroatoms. The molecule has 0 atom stereocenters. The Morgan fingerprint density at radius 1 is 1.25 bits per heavy atom. The van der Waals surface area contributed by atoms with E-state index in [1.165, 1.54) is 20.8 Å². The molecule has 0 N–H and O–H groups in total. The van der Waals surface area contributed by atoms with Crippen molar-refractivity contribution >= 4 is 11.6 Å². The Hall–Kier alpha value is -1.17. The van der Waals surface area contributed by atoms with E-state index in [4.69, 9.17) is 5.26 Å². The monoisotopic (exact) mass is 171 g/mol. The summed E-state index contributed by atoms with van der Waals surface area (Å²) in [4.78, 5) is 19.3. The predicted molar refractivity (Wildman–Crippen MR) is 48.6 cm³/mol. The molecular formula is C9H17NO2. The molecule has 0 aromatic carbocycles. The largest absolute Gasteiger partial charge is 0.300 e. The third-order valence-corrected chi connectivity index (χ3v) is 0.498. The third kappa shape index (κ3) is 786. The molecule has 0 saturated heterocycles. The first-order valence-electron chi connectivity index (χ1n) is 3.69. The van der Waals surface area contributed by atoms with Gasteiger partial charge in [0.1, 0.15) is 11.6 Å². The number of carbonyl (C=O) groups excluding carboxylic acids is 2. The Morgan fingerprint density at radius 3 is 1.33 bits per heavy atom. The second-order valence-electron chi connectivity index (χ2n) is 2.19. The molecule has 0 heterocycles. The molecule has 0 aliphatic heterocycles. The SMILES string of the molecule is CC#N.CC(C)=O.CCC(C)=O. The van der Waals surface area contributed by atoms with E-state index in [1.54, 1.807) is 13.0 Å². The van der Waals surface area contributed by atoms with Gasteiger partial charge in [0, 0.05) is 13.3 Å². The van der Waals surface area contributed by atoms with Crippen LogP contribution in [0.2, 0.25) is 0 Å². The second kappa shape index (κ2) is 16.4. The summed E-state index contributed by atoms with van der Waals surface area (Å²) >= 11 is 0. The molecule has 0 spiro atoms. The highest BCUT2D eigenvalue weighted by atomic mass is 16.1. The molecule has 0 amide bonds. The first-order valence-corrected chi connectivity index (χ1v) is 3.69. The number of Topliss-reactive ketones (excluding diaryl/α,β-unsaturated/α-hetero) is 2. The molecule has 0 saturated carbocycles. The van der Waals surface area contributed by atoms with Gasteiger partial charge in [0.2, 0.25) is 0 Å². The zero-order valence-corrected chi connectivity index (χ0v) is 8.47. The average molecular weight is 171 g/mol. The van der Waals surface area contributed by atoms with Crippen molar-refractivity contribution in [2.45, 2.75) is 41.0 Å². The fourth-order valence-electron chi connectivity index (χ4n) is 0. The summed E-state index contributed by atoms with van der Waals surface area (Å²) in [6, 6.07) is 1.75. The van der Waals surface area contributed by atoms with Gasteiger partial charge in [-0.05, 0) is 20.8 Å². The fraction of sp³-hybridized carbons (Fsp3) is 0.667. The molecule has 0 bridgehead atoms. The van der Waals surface area contributed by atoms with Gasteiger partial charge in [0.15, 0.2) is 0 Å². The van der Waals surface area contributed by atoms with E-state index < -0.39 is 0 Å². The summed E-state index contributed by atoms with van der Waals surface area (Å²) in [5, 5.41) is 7.32. The Bertz CT molecular complexity index is 152. The highest BCUT2D eigenvalue weighted by molar-refractivity contribution is 5.74. The van der Waals surface area contributed by atoms with Gasteiger partial charge in [0.25, 0.3) is 0 Å². The molecule has 3 nitrogen and oxygen atoms in total. The minimum atomic E-state index is 0.167. The van der Waals surface area contributed by atoms with Crippen LogP contribution in [0.5, 0.6) is 0 Å². The third-order valence-electron chi connectivity index (χ3n) is 0.498. The summed E-state index contributed by atoms with van der Waals surface area (Å²) in [5.41, 5.74) is 0. The minimum Gasteiger partial charge on any atom is -0.300 e. The van der Waals surface area contributed by atoms with Crippen molar-refractivity contribution in [3.8, 4) is 6.07 Å². The van der Waals surface area contributed by atoms with E-state index in [0.717, 1.165) is 0 Å². The lowest BCUT2D eigenvalue weighted by molar-refractivity contribution is -0.117. The van der Waals surface area contributed by atoms with Crippen molar-refractivity contribution in [2.24, 2.45) is 0 Å². The average Bonchev–Trinajstić information content (AvgIpc) is 1.88. The van der Waals surface area contributed by atoms with Crippen molar-refractivity contribution in [3.05, 3.63) is 0 Å². The van der Waals surface area contributed by atoms with Crippen LogP contribution in [0.1, 0.15) is 41.0 Å². The number of hydrogen-bond acceptors (Lipinski definition) is 3. The molecular weight excluding hydrogens is 154 g/mol. The Kier molecular flexibility index (Phi) is 23.4. The zero-order valence-electron chi connectivity index (χ0n) is 8.47. The van der Waals surface area contributed by atoms with Gasteiger partial charge in [-0.3, -0.25) is 0 Å². The van der Waals surface area contributed by atoms with Gasteiger partial charge in [-0.15, -0.1) is 0 Å². The van der Waals surface area contributed by atoms with Gasteiger partial charge < -0.3 is 9.59 Å². The lowest BCUT2D eigenvalue weighted by Gasteiger charge is -1.71. The van der Waals surface area contributed by atoms with Crippen LogP contribution in [-0.2, 0) is 9.59 Å². The van der Waals surface area contributed by atoms with Crippen molar-refractivity contribution in [1.82, 2.24) is 0 Å². The van der Waals surface area contributed by atoms with Crippen molar-refractivity contribution < 1.29 is 9.59 Å². The number of hydrogen-bond donors (Lipinski definition) is 0. The van der Waals surface area contributed by atoms with Crippen molar-refractivity contribution in [2.75, 3.05) is 0 Å². The number of nitriles is 1. The van der Waals surface area contributed by atoms with E-state index in [1.807, 2.05) is 6.92 Å². The van der Waals surface area contributed by atoms with Gasteiger partial charge >= 0.3 is 0 Å². The van der Waals surface area contributed by atoms with Crippen LogP contribution in [0.3, 0.4) is 0 Å². The molecule has 12 heavy (non-hydrogen) atoms.